The Morgan fingerprint density at radius 1 is 1.00 bits per heavy atom. The van der Waals surface area contributed by atoms with Crippen LogP contribution >= 0.6 is 0 Å². The Balaban J connectivity index is 1.48. The maximum absolute atomic E-state index is 12.9. The van der Waals surface area contributed by atoms with Crippen LogP contribution in [0.25, 0.3) is 10.8 Å². The molecule has 1 aliphatic heterocycles. The molecule has 2 atom stereocenters. The second kappa shape index (κ2) is 8.22. The number of amides is 4. The highest BCUT2D eigenvalue weighted by Crippen LogP contribution is 2.27. The largest absolute Gasteiger partial charge is 0.348 e. The molecule has 6 heteroatoms. The van der Waals surface area contributed by atoms with Crippen molar-refractivity contribution >= 4 is 34.3 Å². The van der Waals surface area contributed by atoms with Crippen LogP contribution in [0, 0.1) is 6.92 Å². The summed E-state index contributed by atoms with van der Waals surface area (Å²) in [4.78, 5) is 40.8. The summed E-state index contributed by atoms with van der Waals surface area (Å²) >= 11 is 0. The zero-order chi connectivity index (χ0) is 22.1. The molecule has 158 valence electrons. The molecule has 4 amide bonds. The fraction of sp³-hybridized carbons (Fsp3) is 0.240. The number of nitrogens with zero attached hydrogens (tertiary/aromatic N) is 2. The van der Waals surface area contributed by atoms with Gasteiger partial charge in [-0.15, -0.1) is 0 Å². The van der Waals surface area contributed by atoms with Gasteiger partial charge in [-0.3, -0.25) is 19.4 Å². The van der Waals surface area contributed by atoms with Crippen molar-refractivity contribution in [3.63, 3.8) is 0 Å². The number of fused-ring (bicyclic) bond motifs is 1. The van der Waals surface area contributed by atoms with Gasteiger partial charge in [0.05, 0.1) is 6.04 Å². The van der Waals surface area contributed by atoms with Crippen molar-refractivity contribution in [3.8, 4) is 0 Å². The van der Waals surface area contributed by atoms with E-state index in [0.717, 1.165) is 26.8 Å². The number of hydrogen-bond donors (Lipinski definition) is 1. The topological polar surface area (TPSA) is 69.7 Å². The first kappa shape index (κ1) is 20.6. The second-order valence-electron chi connectivity index (χ2n) is 7.95. The SMILES string of the molecule is Cc1ccc(N2C(=O)N(CC(=O)N[C@@H](C)c3cccc4ccccc34)C(=O)[C@@H]2C)cc1. The fourth-order valence-electron chi connectivity index (χ4n) is 4.05. The first-order valence-corrected chi connectivity index (χ1v) is 10.3. The Bertz CT molecular complexity index is 1150. The molecule has 31 heavy (non-hydrogen) atoms. The third-order valence-corrected chi connectivity index (χ3v) is 5.73. The standard InChI is InChI=1S/C25H25N3O3/c1-16-11-13-20(14-12-16)28-18(3)24(30)27(25(28)31)15-23(29)26-17(2)21-10-6-8-19-7-4-5-9-22(19)21/h4-14,17-18H,15H2,1-3H3,(H,26,29)/t17-,18-/m0/s1. The van der Waals surface area contributed by atoms with Gasteiger partial charge in [-0.05, 0) is 49.2 Å². The van der Waals surface area contributed by atoms with Crippen LogP contribution in [0.15, 0.2) is 66.7 Å². The molecule has 0 radical (unpaired) electrons. The summed E-state index contributed by atoms with van der Waals surface area (Å²) in [6.07, 6.45) is 0. The van der Waals surface area contributed by atoms with E-state index in [-0.39, 0.29) is 24.4 Å². The Morgan fingerprint density at radius 3 is 2.42 bits per heavy atom. The minimum atomic E-state index is -0.654. The minimum Gasteiger partial charge on any atom is -0.348 e. The zero-order valence-electron chi connectivity index (χ0n) is 17.8. The number of urea groups is 1. The van der Waals surface area contributed by atoms with Crippen LogP contribution in [0.3, 0.4) is 0 Å². The van der Waals surface area contributed by atoms with Gasteiger partial charge in [-0.25, -0.2) is 4.79 Å². The van der Waals surface area contributed by atoms with Crippen molar-refractivity contribution in [3.05, 3.63) is 77.9 Å². The van der Waals surface area contributed by atoms with Gasteiger partial charge in [0.15, 0.2) is 0 Å². The third kappa shape index (κ3) is 3.89. The summed E-state index contributed by atoms with van der Waals surface area (Å²) in [5.74, 6) is -0.751. The maximum atomic E-state index is 12.9. The summed E-state index contributed by atoms with van der Waals surface area (Å²) < 4.78 is 0. The smallest absolute Gasteiger partial charge is 0.332 e. The number of carbonyl (C=O) groups is 3. The number of rotatable bonds is 5. The van der Waals surface area contributed by atoms with Crippen molar-refractivity contribution < 1.29 is 14.4 Å². The Labute approximate surface area is 181 Å². The van der Waals surface area contributed by atoms with E-state index in [0.29, 0.717) is 5.69 Å². The van der Waals surface area contributed by atoms with E-state index < -0.39 is 12.1 Å². The second-order valence-corrected chi connectivity index (χ2v) is 7.95. The molecular formula is C25H25N3O3. The molecule has 1 fully saturated rings. The van der Waals surface area contributed by atoms with E-state index in [1.165, 1.54) is 4.90 Å². The lowest BCUT2D eigenvalue weighted by Crippen LogP contribution is -2.42. The number of imide groups is 1. The number of benzene rings is 3. The summed E-state index contributed by atoms with van der Waals surface area (Å²) in [5, 5.41) is 5.08. The normalized spacial score (nSPS) is 17.3. The average Bonchev–Trinajstić information content (AvgIpc) is 2.97. The van der Waals surface area contributed by atoms with Gasteiger partial charge in [0.1, 0.15) is 12.6 Å². The lowest BCUT2D eigenvalue weighted by molar-refractivity contribution is -0.132. The molecule has 1 saturated heterocycles. The van der Waals surface area contributed by atoms with Gasteiger partial charge < -0.3 is 5.32 Å². The lowest BCUT2D eigenvalue weighted by Gasteiger charge is -2.20. The van der Waals surface area contributed by atoms with Crippen LogP contribution < -0.4 is 10.2 Å². The summed E-state index contributed by atoms with van der Waals surface area (Å²) in [5.41, 5.74) is 2.69. The molecule has 4 rings (SSSR count). The molecule has 0 aliphatic carbocycles. The van der Waals surface area contributed by atoms with Gasteiger partial charge in [0.2, 0.25) is 5.91 Å². The average molecular weight is 415 g/mol. The van der Waals surface area contributed by atoms with Crippen molar-refractivity contribution in [1.29, 1.82) is 0 Å². The quantitative estimate of drug-likeness (QED) is 0.636. The molecule has 3 aromatic carbocycles. The predicted molar refractivity (Wildman–Crippen MR) is 121 cm³/mol. The number of aryl methyl sites for hydroxylation is 1. The lowest BCUT2D eigenvalue weighted by atomic mass is 10.00. The highest BCUT2D eigenvalue weighted by atomic mass is 16.2. The van der Waals surface area contributed by atoms with E-state index in [2.05, 4.69) is 5.32 Å². The Kier molecular flexibility index (Phi) is 5.46. The van der Waals surface area contributed by atoms with Gasteiger partial charge in [-0.1, -0.05) is 60.2 Å². The van der Waals surface area contributed by atoms with Crippen LogP contribution in [0.5, 0.6) is 0 Å². The molecular weight excluding hydrogens is 390 g/mol. The molecule has 0 aromatic heterocycles. The summed E-state index contributed by atoms with van der Waals surface area (Å²) in [6, 6.07) is 19.9. The van der Waals surface area contributed by atoms with E-state index >= 15 is 0 Å². The van der Waals surface area contributed by atoms with Crippen LogP contribution in [-0.4, -0.2) is 35.3 Å². The number of hydrogen-bond acceptors (Lipinski definition) is 3. The van der Waals surface area contributed by atoms with Crippen LogP contribution in [0.2, 0.25) is 0 Å². The van der Waals surface area contributed by atoms with Gasteiger partial charge >= 0.3 is 6.03 Å². The van der Waals surface area contributed by atoms with Crippen LogP contribution in [-0.2, 0) is 9.59 Å². The molecule has 3 aromatic rings. The van der Waals surface area contributed by atoms with Gasteiger partial charge in [0, 0.05) is 5.69 Å². The van der Waals surface area contributed by atoms with Crippen LogP contribution in [0.1, 0.15) is 31.0 Å². The summed E-state index contributed by atoms with van der Waals surface area (Å²) in [6.45, 7) is 5.22. The van der Waals surface area contributed by atoms with Gasteiger partial charge in [-0.2, -0.15) is 0 Å². The van der Waals surface area contributed by atoms with Crippen molar-refractivity contribution in [2.45, 2.75) is 32.9 Å². The maximum Gasteiger partial charge on any atom is 0.332 e. The van der Waals surface area contributed by atoms with Gasteiger partial charge in [0.25, 0.3) is 5.91 Å². The molecule has 1 heterocycles. The van der Waals surface area contributed by atoms with E-state index in [9.17, 15) is 14.4 Å². The number of nitrogens with one attached hydrogen (secondary N) is 1. The van der Waals surface area contributed by atoms with Crippen molar-refractivity contribution in [1.82, 2.24) is 10.2 Å². The zero-order valence-corrected chi connectivity index (χ0v) is 17.8. The third-order valence-electron chi connectivity index (χ3n) is 5.73. The molecule has 6 nitrogen and oxygen atoms in total. The molecule has 0 bridgehead atoms. The first-order chi connectivity index (χ1) is 14.9. The molecule has 0 saturated carbocycles. The molecule has 1 aliphatic rings. The summed E-state index contributed by atoms with van der Waals surface area (Å²) in [7, 11) is 0. The first-order valence-electron chi connectivity index (χ1n) is 10.3. The number of anilines is 1. The fourth-order valence-corrected chi connectivity index (χ4v) is 4.05. The van der Waals surface area contributed by atoms with Crippen LogP contribution in [0.4, 0.5) is 10.5 Å². The van der Waals surface area contributed by atoms with E-state index in [1.807, 2.05) is 80.6 Å². The number of carbonyl (C=O) groups excluding carboxylic acids is 3. The molecule has 1 N–H and O–H groups in total. The predicted octanol–water partition coefficient (Wildman–Crippen LogP) is 4.18. The Hall–Kier alpha value is -3.67. The highest BCUT2D eigenvalue weighted by Gasteiger charge is 2.44. The van der Waals surface area contributed by atoms with E-state index in [1.54, 1.807) is 6.92 Å². The molecule has 0 unspecified atom stereocenters. The highest BCUT2D eigenvalue weighted by molar-refractivity contribution is 6.15. The van der Waals surface area contributed by atoms with Crippen molar-refractivity contribution in [2.24, 2.45) is 0 Å². The monoisotopic (exact) mass is 415 g/mol. The Morgan fingerprint density at radius 2 is 1.68 bits per heavy atom. The van der Waals surface area contributed by atoms with Crippen molar-refractivity contribution in [2.75, 3.05) is 11.4 Å². The minimum absolute atomic E-state index is 0.267. The van der Waals surface area contributed by atoms with E-state index in [4.69, 9.17) is 0 Å². The molecule has 0 spiro atoms.